The lowest BCUT2D eigenvalue weighted by atomic mass is 9.97. The summed E-state index contributed by atoms with van der Waals surface area (Å²) in [6.07, 6.45) is 10.3. The number of halogens is 4. The molecule has 4 rings (SSSR count). The van der Waals surface area contributed by atoms with Crippen LogP contribution in [-0.4, -0.2) is 143 Å². The maximum atomic E-state index is 13.4. The molecular weight excluding hydrogens is 1330 g/mol. The highest BCUT2D eigenvalue weighted by molar-refractivity contribution is 6.74. The van der Waals surface area contributed by atoms with Crippen LogP contribution in [-0.2, 0) is 47.5 Å². The Labute approximate surface area is 593 Å². The molecular formula is C70H112Cl4N10O11Si. The largest absolute Gasteiger partial charge is 0.460 e. The number of carbonyl (C=O) groups excluding carboxylic acids is 8. The van der Waals surface area contributed by atoms with Crippen LogP contribution >= 0.6 is 47.2 Å². The molecule has 0 aromatic heterocycles. The van der Waals surface area contributed by atoms with E-state index in [0.29, 0.717) is 64.5 Å². The minimum absolute atomic E-state index is 0. The Morgan fingerprint density at radius 3 is 1.53 bits per heavy atom. The molecule has 96 heavy (non-hydrogen) atoms. The third-order valence-corrected chi connectivity index (χ3v) is 21.9. The first-order chi connectivity index (χ1) is 44.2. The number of hydrogen-bond donors (Lipinski definition) is 9. The number of hydrazine groups is 2. The lowest BCUT2D eigenvalue weighted by Gasteiger charge is -2.41. The Balaban J connectivity index is 0.000000818. The normalized spacial score (nSPS) is 18.1. The van der Waals surface area contributed by atoms with Gasteiger partial charge in [0.2, 0.25) is 33.3 Å². The third kappa shape index (κ3) is 29.8. The summed E-state index contributed by atoms with van der Waals surface area (Å²) in [5, 5.41) is 26.9. The third-order valence-electron chi connectivity index (χ3n) is 17.0. The first-order valence-electron chi connectivity index (χ1n) is 32.9. The second kappa shape index (κ2) is 42.3. The number of hydrogen-bond acceptors (Lipinski definition) is 14. The molecule has 7 amide bonds. The van der Waals surface area contributed by atoms with E-state index in [2.05, 4.69) is 104 Å². The second-order valence-electron chi connectivity index (χ2n) is 26.8. The van der Waals surface area contributed by atoms with E-state index >= 15 is 0 Å². The van der Waals surface area contributed by atoms with E-state index in [1.807, 2.05) is 89.2 Å². The number of allylic oxidation sites excluding steroid dienone is 2. The zero-order chi connectivity index (χ0) is 72.3. The molecule has 2 aromatic carbocycles. The molecule has 2 aliphatic heterocycles. The van der Waals surface area contributed by atoms with Crippen molar-refractivity contribution < 1.29 is 52.6 Å². The molecule has 2 fully saturated rings. The van der Waals surface area contributed by atoms with Gasteiger partial charge >= 0.3 is 5.97 Å². The number of rotatable bonds is 30. The van der Waals surface area contributed by atoms with Crippen molar-refractivity contribution in [1.29, 1.82) is 0 Å². The molecule has 0 bridgehead atoms. The van der Waals surface area contributed by atoms with Gasteiger partial charge in [0.1, 0.15) is 42.9 Å². The minimum atomic E-state index is -2.17. The Kier molecular flexibility index (Phi) is 39.0. The Bertz CT molecular complexity index is 2890. The highest BCUT2D eigenvalue weighted by atomic mass is 35.6. The number of ether oxygens (including phenoxy) is 1. The van der Waals surface area contributed by atoms with Crippen molar-refractivity contribution in [2.75, 3.05) is 19.7 Å². The summed E-state index contributed by atoms with van der Waals surface area (Å²) in [5.74, 6) is -5.15. The van der Waals surface area contributed by atoms with Gasteiger partial charge in [-0.15, -0.1) is 25.6 Å². The predicted molar refractivity (Wildman–Crippen MR) is 390 cm³/mol. The van der Waals surface area contributed by atoms with Gasteiger partial charge in [-0.25, -0.2) is 10.9 Å². The predicted octanol–water partition coefficient (Wildman–Crippen LogP) is 10.4. The monoisotopic (exact) mass is 1440 g/mol. The van der Waals surface area contributed by atoms with Crippen LogP contribution in [0.15, 0.2) is 87.0 Å². The van der Waals surface area contributed by atoms with Crippen LogP contribution in [0.3, 0.4) is 0 Å². The molecule has 0 aliphatic carbocycles. The summed E-state index contributed by atoms with van der Waals surface area (Å²) in [6, 6.07) is 10.7. The van der Waals surface area contributed by atoms with Crippen molar-refractivity contribution in [2.24, 2.45) is 29.4 Å². The molecule has 2 aliphatic rings. The first-order valence-corrected chi connectivity index (χ1v) is 37.0. The summed E-state index contributed by atoms with van der Waals surface area (Å²) in [7, 11) is -2.17. The molecule has 2 heterocycles. The zero-order valence-electron chi connectivity index (χ0n) is 59.2. The summed E-state index contributed by atoms with van der Waals surface area (Å²) in [4.78, 5) is 104. The molecule has 0 spiro atoms. The maximum absolute atomic E-state index is 13.4. The van der Waals surface area contributed by atoms with Gasteiger partial charge in [-0.05, 0) is 137 Å². The van der Waals surface area contributed by atoms with E-state index in [4.69, 9.17) is 49.7 Å². The van der Waals surface area contributed by atoms with E-state index in [-0.39, 0.29) is 65.2 Å². The number of amides is 7. The van der Waals surface area contributed by atoms with Crippen LogP contribution in [0.25, 0.3) is 12.2 Å². The number of aliphatic hydroxyl groups is 1. The topological polar surface area (TPSA) is 292 Å². The quantitative estimate of drug-likeness (QED) is 0.0152. The molecule has 2 aromatic rings. The van der Waals surface area contributed by atoms with Crippen LogP contribution < -0.4 is 43.2 Å². The molecule has 0 saturated carbocycles. The Morgan fingerprint density at radius 2 is 1.09 bits per heavy atom. The number of alkyl halides is 3. The Hall–Kier alpha value is -5.66. The molecule has 0 radical (unpaired) electrons. The number of aliphatic hydroxyl groups excluding tert-OH is 1. The Morgan fingerprint density at radius 1 is 0.656 bits per heavy atom. The van der Waals surface area contributed by atoms with Crippen molar-refractivity contribution in [1.82, 2.24) is 47.5 Å². The van der Waals surface area contributed by atoms with Crippen molar-refractivity contribution >= 4 is 115 Å². The lowest BCUT2D eigenvalue weighted by Crippen LogP contribution is -2.62. The van der Waals surface area contributed by atoms with E-state index in [1.54, 1.807) is 46.8 Å². The number of nitrogens with zero attached hydrogens (tertiary/aromatic N) is 2. The first kappa shape index (κ1) is 88.3. The van der Waals surface area contributed by atoms with Gasteiger partial charge in [-0.1, -0.05) is 177 Å². The summed E-state index contributed by atoms with van der Waals surface area (Å²) < 4.78 is 9.92. The molecule has 540 valence electrons. The molecule has 10 N–H and O–H groups in total. The number of esters is 1. The fourth-order valence-electron chi connectivity index (χ4n) is 9.79. The number of carbonyl (C=O) groups is 8. The average Bonchev–Trinajstić information content (AvgIpc) is 0.860. The minimum Gasteiger partial charge on any atom is -0.460 e. The maximum Gasteiger partial charge on any atom is 0.325 e. The van der Waals surface area contributed by atoms with Crippen LogP contribution in [0.4, 0.5) is 0 Å². The molecule has 0 unspecified atom stereocenters. The number of nitrogens with two attached hydrogens (primary N) is 1. The van der Waals surface area contributed by atoms with E-state index < -0.39 is 103 Å². The summed E-state index contributed by atoms with van der Waals surface area (Å²) >= 11 is 17.0. The second-order valence-corrected chi connectivity index (χ2v) is 34.1. The van der Waals surface area contributed by atoms with Gasteiger partial charge in [0.25, 0.3) is 11.8 Å². The lowest BCUT2D eigenvalue weighted by molar-refractivity contribution is -0.153. The highest BCUT2D eigenvalue weighted by Gasteiger charge is 2.42. The van der Waals surface area contributed by atoms with Crippen LogP contribution in [0.1, 0.15) is 176 Å². The van der Waals surface area contributed by atoms with Gasteiger partial charge in [0, 0.05) is 19.1 Å². The molecule has 21 nitrogen and oxygen atoms in total. The van der Waals surface area contributed by atoms with Crippen LogP contribution in [0.2, 0.25) is 18.1 Å². The van der Waals surface area contributed by atoms with Crippen LogP contribution in [0, 0.1) is 23.7 Å². The smallest absolute Gasteiger partial charge is 0.325 e. The summed E-state index contributed by atoms with van der Waals surface area (Å²) in [5.41, 5.74) is 15.7. The van der Waals surface area contributed by atoms with Gasteiger partial charge < -0.3 is 46.6 Å². The molecule has 2 saturated heterocycles. The van der Waals surface area contributed by atoms with E-state index in [1.165, 1.54) is 10.0 Å². The number of benzene rings is 2. The SMILES string of the molecule is C=CCC[C@@H](O)[C@@H](C)C(=O)N[C@H](C(=O)N[C@@H](C)C(=O)N1CCC[C@@H](C(=O)N[C@H](C)c2cccc(C=C)c2)N1)C(C)C.C=CCC[C@@H](O[Si](C)(C)C(C)(C)C)[C@@H](C)C(=O)N[C@H](C(=O)N[C@@H](C)C(=O)N1CCC[C@@H](C(=O)OCC(Cl)(Cl)Cl)N1)C(C)C.C=Cc1cccc([C@@H](C)N)c1.Cl. The van der Waals surface area contributed by atoms with Gasteiger partial charge in [-0.3, -0.25) is 48.4 Å². The summed E-state index contributed by atoms with van der Waals surface area (Å²) in [6.45, 7) is 43.6. The molecule has 26 heteroatoms. The fraction of sp³-hybridized carbons (Fsp3) is 0.600. The van der Waals surface area contributed by atoms with Gasteiger partial charge in [0.15, 0.2) is 8.32 Å². The number of nitrogens with one attached hydrogen (secondary N) is 7. The standard InChI is InChI=1S/C31H47N5O5.C29H51Cl3N4O6Si.C10H13N.ClH/c1-8-10-16-26(37)20(5)28(38)34-27(19(3)4)30(40)33-22(7)31(41)36-17-12-15-25(35-36)29(39)32-21(6)24-14-11-13-23(9-2)18-24;1-11-12-15-22(42-43(9,10)28(6,7)8)19(4)24(37)34-23(18(2)3)25(38)33-20(5)26(39)36-16-13-14-21(35-36)27(40)41-17-29(30,31)32;1-3-9-5-4-6-10(7-9)8(2)11;/h8-9,11,13-14,18-22,25-27,35,37H,1-2,10,12,15-17H2,3-7H3,(H,32,39)(H,33,40)(H,34,38);11,18-23,35H,1,12-17H2,2-10H3,(H,33,38)(H,34,37);3-8H,1,11H2,2H3;1H/t20-,21-,22+,25+,26-,27+;19-,20+,21+,22-,23+;8-;/m111./s1. The van der Waals surface area contributed by atoms with Crippen molar-refractivity contribution in [3.05, 3.63) is 109 Å². The van der Waals surface area contributed by atoms with Crippen molar-refractivity contribution in [3.63, 3.8) is 0 Å². The van der Waals surface area contributed by atoms with E-state index in [9.17, 15) is 43.5 Å². The van der Waals surface area contributed by atoms with Crippen molar-refractivity contribution in [2.45, 2.75) is 224 Å². The molecule has 12 atom stereocenters. The van der Waals surface area contributed by atoms with Crippen molar-refractivity contribution in [3.8, 4) is 0 Å². The van der Waals surface area contributed by atoms with Gasteiger partial charge in [0.05, 0.1) is 30.1 Å². The fourth-order valence-corrected chi connectivity index (χ4v) is 11.4. The highest BCUT2D eigenvalue weighted by Crippen LogP contribution is 2.39. The average molecular weight is 1440 g/mol. The van der Waals surface area contributed by atoms with Gasteiger partial charge in [-0.2, -0.15) is 0 Å². The van der Waals surface area contributed by atoms with Crippen LogP contribution in [0.5, 0.6) is 0 Å². The van der Waals surface area contributed by atoms with E-state index in [0.717, 1.165) is 22.3 Å². The zero-order valence-corrected chi connectivity index (χ0v) is 63.2.